The van der Waals surface area contributed by atoms with Crippen LogP contribution in [0.3, 0.4) is 0 Å². The van der Waals surface area contributed by atoms with E-state index in [2.05, 4.69) is 86.8 Å². The van der Waals surface area contributed by atoms with Gasteiger partial charge in [0.2, 0.25) is 0 Å². The molecule has 246 valence electrons. The van der Waals surface area contributed by atoms with Crippen LogP contribution in [-0.4, -0.2) is 37.0 Å². The SMILES string of the molecule is CC/C=C\C/C=C\C/C=C\C/C=C\C/C=C\CCCC(=O)OC(CO)COCCCCCCCC/C=C\CCCCCC. The lowest BCUT2D eigenvalue weighted by Gasteiger charge is -2.15. The summed E-state index contributed by atoms with van der Waals surface area (Å²) in [5.74, 6) is -0.263. The van der Waals surface area contributed by atoms with Crippen LogP contribution in [0.2, 0.25) is 0 Å². The van der Waals surface area contributed by atoms with E-state index >= 15 is 0 Å². The van der Waals surface area contributed by atoms with E-state index in [0.717, 1.165) is 57.8 Å². The van der Waals surface area contributed by atoms with E-state index in [9.17, 15) is 9.90 Å². The van der Waals surface area contributed by atoms with Crippen LogP contribution in [0.15, 0.2) is 72.9 Å². The molecule has 0 aromatic rings. The van der Waals surface area contributed by atoms with Gasteiger partial charge in [0.1, 0.15) is 6.10 Å². The van der Waals surface area contributed by atoms with Gasteiger partial charge in [0.15, 0.2) is 0 Å². The van der Waals surface area contributed by atoms with E-state index in [1.165, 1.54) is 64.2 Å². The standard InChI is InChI=1S/C39H66O4/c1-3-5-7-9-11-13-15-17-19-20-21-22-24-26-28-30-32-34-39(41)43-38(36-40)37-42-35-33-31-29-27-25-23-18-16-14-12-10-8-6-4-2/h5,7,11,13-14,16-17,19,21-22,26,28,38,40H,3-4,6,8-10,12,15,18,20,23-25,27,29-37H2,1-2H3/b7-5-,13-11-,16-14-,19-17-,22-21-,28-26-. The second kappa shape index (κ2) is 36.0. The molecule has 1 atom stereocenters. The Bertz CT molecular complexity index is 759. The highest BCUT2D eigenvalue weighted by Gasteiger charge is 2.13. The van der Waals surface area contributed by atoms with Gasteiger partial charge < -0.3 is 14.6 Å². The highest BCUT2D eigenvalue weighted by Crippen LogP contribution is 2.09. The molecule has 0 aromatic carbocycles. The van der Waals surface area contributed by atoms with Crippen LogP contribution in [0.5, 0.6) is 0 Å². The normalized spacial score (nSPS) is 13.3. The Morgan fingerprint density at radius 1 is 0.581 bits per heavy atom. The van der Waals surface area contributed by atoms with Gasteiger partial charge in [-0.2, -0.15) is 0 Å². The van der Waals surface area contributed by atoms with Gasteiger partial charge in [0.05, 0.1) is 13.2 Å². The molecule has 0 heterocycles. The van der Waals surface area contributed by atoms with Crippen LogP contribution in [0, 0.1) is 0 Å². The van der Waals surface area contributed by atoms with Crippen molar-refractivity contribution in [2.24, 2.45) is 0 Å². The van der Waals surface area contributed by atoms with E-state index in [0.29, 0.717) is 13.0 Å². The molecule has 1 unspecified atom stereocenters. The van der Waals surface area contributed by atoms with E-state index < -0.39 is 6.10 Å². The molecule has 1 N–H and O–H groups in total. The number of aliphatic hydroxyl groups is 1. The smallest absolute Gasteiger partial charge is 0.306 e. The largest absolute Gasteiger partial charge is 0.457 e. The summed E-state index contributed by atoms with van der Waals surface area (Å²) in [6, 6.07) is 0. The maximum atomic E-state index is 12.1. The van der Waals surface area contributed by atoms with Crippen LogP contribution in [0.4, 0.5) is 0 Å². The summed E-state index contributed by atoms with van der Waals surface area (Å²) in [7, 11) is 0. The predicted molar refractivity (Wildman–Crippen MR) is 186 cm³/mol. The summed E-state index contributed by atoms with van der Waals surface area (Å²) < 4.78 is 11.0. The predicted octanol–water partition coefficient (Wildman–Crippen LogP) is 11.1. The Balaban J connectivity index is 3.61. The molecule has 0 aliphatic heterocycles. The topological polar surface area (TPSA) is 55.8 Å². The van der Waals surface area contributed by atoms with Crippen molar-refractivity contribution in [2.75, 3.05) is 19.8 Å². The minimum absolute atomic E-state index is 0.201. The van der Waals surface area contributed by atoms with Gasteiger partial charge in [-0.15, -0.1) is 0 Å². The maximum Gasteiger partial charge on any atom is 0.306 e. The second-order valence-corrected chi connectivity index (χ2v) is 11.2. The van der Waals surface area contributed by atoms with Crippen molar-refractivity contribution in [3.05, 3.63) is 72.9 Å². The fourth-order valence-corrected chi connectivity index (χ4v) is 4.41. The molecule has 0 amide bonds. The molecule has 0 rings (SSSR count). The van der Waals surface area contributed by atoms with Crippen LogP contribution in [-0.2, 0) is 14.3 Å². The molecule has 0 saturated carbocycles. The van der Waals surface area contributed by atoms with Crippen molar-refractivity contribution in [1.29, 1.82) is 0 Å². The van der Waals surface area contributed by atoms with Crippen molar-refractivity contribution in [2.45, 2.75) is 148 Å². The fourth-order valence-electron chi connectivity index (χ4n) is 4.41. The van der Waals surface area contributed by atoms with E-state index in [-0.39, 0.29) is 19.2 Å². The number of unbranched alkanes of at least 4 members (excludes halogenated alkanes) is 11. The van der Waals surface area contributed by atoms with Crippen LogP contribution >= 0.6 is 0 Å². The van der Waals surface area contributed by atoms with Gasteiger partial charge in [-0.25, -0.2) is 0 Å². The van der Waals surface area contributed by atoms with Gasteiger partial charge in [-0.1, -0.05) is 132 Å². The highest BCUT2D eigenvalue weighted by atomic mass is 16.6. The molecule has 0 aliphatic rings. The first-order valence-electron chi connectivity index (χ1n) is 17.5. The Morgan fingerprint density at radius 2 is 1.05 bits per heavy atom. The minimum Gasteiger partial charge on any atom is -0.457 e. The number of hydrogen-bond donors (Lipinski definition) is 1. The summed E-state index contributed by atoms with van der Waals surface area (Å²) in [6.45, 7) is 5.12. The number of carbonyl (C=O) groups is 1. The summed E-state index contributed by atoms with van der Waals surface area (Å²) in [6.07, 6.45) is 48.0. The molecular weight excluding hydrogens is 532 g/mol. The summed E-state index contributed by atoms with van der Waals surface area (Å²) in [4.78, 5) is 12.1. The summed E-state index contributed by atoms with van der Waals surface area (Å²) in [5.41, 5.74) is 0. The first-order chi connectivity index (χ1) is 21.2. The van der Waals surface area contributed by atoms with Crippen molar-refractivity contribution < 1.29 is 19.4 Å². The number of allylic oxidation sites excluding steroid dienone is 12. The van der Waals surface area contributed by atoms with E-state index in [4.69, 9.17) is 9.47 Å². The first-order valence-corrected chi connectivity index (χ1v) is 17.5. The van der Waals surface area contributed by atoms with Crippen molar-refractivity contribution in [3.8, 4) is 0 Å². The maximum absolute atomic E-state index is 12.1. The van der Waals surface area contributed by atoms with Gasteiger partial charge in [-0.3, -0.25) is 4.79 Å². The van der Waals surface area contributed by atoms with Crippen LogP contribution in [0.25, 0.3) is 0 Å². The zero-order chi connectivity index (χ0) is 31.3. The van der Waals surface area contributed by atoms with Crippen LogP contribution in [0.1, 0.15) is 142 Å². The van der Waals surface area contributed by atoms with E-state index in [1.54, 1.807) is 0 Å². The lowest BCUT2D eigenvalue weighted by molar-refractivity contribution is -0.154. The molecule has 0 radical (unpaired) electrons. The molecule has 0 aromatic heterocycles. The molecule has 0 saturated heterocycles. The fraction of sp³-hybridized carbons (Fsp3) is 0.667. The van der Waals surface area contributed by atoms with Crippen molar-refractivity contribution >= 4 is 5.97 Å². The molecule has 0 spiro atoms. The molecule has 4 nitrogen and oxygen atoms in total. The molecule has 0 bridgehead atoms. The number of aliphatic hydroxyl groups excluding tert-OH is 1. The zero-order valence-electron chi connectivity index (χ0n) is 27.9. The summed E-state index contributed by atoms with van der Waals surface area (Å²) >= 11 is 0. The lowest BCUT2D eigenvalue weighted by atomic mass is 10.1. The number of hydrogen-bond acceptors (Lipinski definition) is 4. The Labute approximate surface area is 266 Å². The lowest BCUT2D eigenvalue weighted by Crippen LogP contribution is -2.27. The minimum atomic E-state index is -0.569. The number of rotatable bonds is 31. The molecule has 0 fully saturated rings. The van der Waals surface area contributed by atoms with Crippen molar-refractivity contribution in [3.63, 3.8) is 0 Å². The number of ether oxygens (including phenoxy) is 2. The second-order valence-electron chi connectivity index (χ2n) is 11.2. The Kier molecular flexibility index (Phi) is 34.2. The summed E-state index contributed by atoms with van der Waals surface area (Å²) in [5, 5.41) is 9.53. The number of carbonyl (C=O) groups excluding carboxylic acids is 1. The number of esters is 1. The highest BCUT2D eigenvalue weighted by molar-refractivity contribution is 5.69. The zero-order valence-corrected chi connectivity index (χ0v) is 27.9. The average Bonchev–Trinajstić information content (AvgIpc) is 3.01. The Hall–Kier alpha value is -2.17. The monoisotopic (exact) mass is 598 g/mol. The van der Waals surface area contributed by atoms with Crippen molar-refractivity contribution in [1.82, 2.24) is 0 Å². The third-order valence-corrected chi connectivity index (χ3v) is 7.02. The molecule has 0 aliphatic carbocycles. The average molecular weight is 599 g/mol. The third-order valence-electron chi connectivity index (χ3n) is 7.02. The van der Waals surface area contributed by atoms with Gasteiger partial charge in [0.25, 0.3) is 0 Å². The molecular formula is C39H66O4. The van der Waals surface area contributed by atoms with E-state index in [1.807, 2.05) is 0 Å². The van der Waals surface area contributed by atoms with Crippen LogP contribution < -0.4 is 0 Å². The first kappa shape index (κ1) is 40.8. The third kappa shape index (κ3) is 34.2. The quantitative estimate of drug-likeness (QED) is 0.0490. The molecule has 43 heavy (non-hydrogen) atoms. The van der Waals surface area contributed by atoms with Gasteiger partial charge in [-0.05, 0) is 77.0 Å². The Morgan fingerprint density at radius 3 is 1.60 bits per heavy atom. The molecule has 4 heteroatoms. The van der Waals surface area contributed by atoms with Gasteiger partial charge in [0, 0.05) is 13.0 Å². The van der Waals surface area contributed by atoms with Gasteiger partial charge >= 0.3 is 5.97 Å².